The highest BCUT2D eigenvalue weighted by atomic mass is 16.3. The minimum Gasteiger partial charge on any atom is -0.392 e. The van der Waals surface area contributed by atoms with E-state index < -0.39 is 0 Å². The minimum absolute atomic E-state index is 0.113. The Labute approximate surface area is 66.2 Å². The van der Waals surface area contributed by atoms with Crippen molar-refractivity contribution in [2.45, 2.75) is 19.8 Å². The summed E-state index contributed by atoms with van der Waals surface area (Å²) in [7, 11) is 0. The van der Waals surface area contributed by atoms with Crippen molar-refractivity contribution in [1.82, 2.24) is 0 Å². The van der Waals surface area contributed by atoms with Crippen LogP contribution in [0.2, 0.25) is 0 Å². The van der Waals surface area contributed by atoms with E-state index in [1.165, 1.54) is 0 Å². The highest BCUT2D eigenvalue weighted by Crippen LogP contribution is 2.17. The number of rotatable bonds is 2. The van der Waals surface area contributed by atoms with Gasteiger partial charge >= 0.3 is 0 Å². The first kappa shape index (κ1) is 8.21. The van der Waals surface area contributed by atoms with Gasteiger partial charge in [-0.05, 0) is 30.9 Å². The van der Waals surface area contributed by atoms with Gasteiger partial charge in [-0.2, -0.15) is 0 Å². The maximum Gasteiger partial charge on any atom is 0.155 e. The molecule has 0 aromatic heterocycles. The highest BCUT2D eigenvalue weighted by Gasteiger charge is 2.08. The number of carbonyl (C=O) groups excluding carboxylic acids is 1. The molecule has 0 atom stereocenters. The van der Waals surface area contributed by atoms with Gasteiger partial charge in [0.1, 0.15) is 0 Å². The molecule has 0 radical (unpaired) electrons. The van der Waals surface area contributed by atoms with Crippen molar-refractivity contribution in [3.8, 4) is 0 Å². The molecule has 0 aromatic carbocycles. The van der Waals surface area contributed by atoms with Gasteiger partial charge in [-0.3, -0.25) is 4.79 Å². The van der Waals surface area contributed by atoms with Gasteiger partial charge in [0, 0.05) is 0 Å². The number of carbonyl (C=O) groups is 1. The van der Waals surface area contributed by atoms with E-state index in [4.69, 9.17) is 5.11 Å². The molecule has 0 amide bonds. The molecule has 60 valence electrons. The van der Waals surface area contributed by atoms with Gasteiger partial charge in [0.25, 0.3) is 0 Å². The van der Waals surface area contributed by atoms with E-state index in [1.807, 2.05) is 6.08 Å². The Morgan fingerprint density at radius 2 is 2.27 bits per heavy atom. The van der Waals surface area contributed by atoms with E-state index >= 15 is 0 Å². The molecular formula is C9H12O2. The molecule has 2 nitrogen and oxygen atoms in total. The molecule has 0 bridgehead atoms. The lowest BCUT2D eigenvalue weighted by Gasteiger charge is -2.09. The van der Waals surface area contributed by atoms with Crippen LogP contribution in [0.3, 0.4) is 0 Å². The summed E-state index contributed by atoms with van der Waals surface area (Å²) in [4.78, 5) is 10.8. The SMILES string of the molecule is CC(=O)C1=CC=C(CO)CC1. The first-order chi connectivity index (χ1) is 5.24. The van der Waals surface area contributed by atoms with Crippen molar-refractivity contribution in [2.75, 3.05) is 6.61 Å². The third-order valence-electron chi connectivity index (χ3n) is 1.89. The Balaban J connectivity index is 2.69. The molecule has 0 aromatic rings. The number of aliphatic hydroxyl groups is 1. The standard InChI is InChI=1S/C9H12O2/c1-7(11)9-4-2-8(6-10)3-5-9/h2,4,10H,3,5-6H2,1H3. The quantitative estimate of drug-likeness (QED) is 0.645. The third-order valence-corrected chi connectivity index (χ3v) is 1.89. The van der Waals surface area contributed by atoms with Crippen LogP contribution in [0.4, 0.5) is 0 Å². The Hall–Kier alpha value is -0.890. The summed E-state index contributed by atoms with van der Waals surface area (Å²) in [6, 6.07) is 0. The van der Waals surface area contributed by atoms with Crippen LogP contribution >= 0.6 is 0 Å². The lowest BCUT2D eigenvalue weighted by Crippen LogP contribution is -2.02. The normalized spacial score (nSPS) is 17.3. The number of allylic oxidation sites excluding steroid dienone is 3. The van der Waals surface area contributed by atoms with Gasteiger partial charge in [-0.25, -0.2) is 0 Å². The van der Waals surface area contributed by atoms with Gasteiger partial charge in [0.05, 0.1) is 6.61 Å². The zero-order valence-corrected chi connectivity index (χ0v) is 6.63. The Morgan fingerprint density at radius 3 is 2.64 bits per heavy atom. The summed E-state index contributed by atoms with van der Waals surface area (Å²) < 4.78 is 0. The molecular weight excluding hydrogens is 140 g/mol. The summed E-state index contributed by atoms with van der Waals surface area (Å²) in [5, 5.41) is 8.73. The topological polar surface area (TPSA) is 37.3 Å². The molecule has 0 heterocycles. The van der Waals surface area contributed by atoms with Crippen molar-refractivity contribution in [3.63, 3.8) is 0 Å². The fourth-order valence-electron chi connectivity index (χ4n) is 1.11. The summed E-state index contributed by atoms with van der Waals surface area (Å²) in [6.45, 7) is 1.69. The van der Waals surface area contributed by atoms with Crippen LogP contribution in [0.25, 0.3) is 0 Å². The number of Topliss-reactive ketones (excluding diaryl/α,β-unsaturated/α-hetero) is 1. The van der Waals surface area contributed by atoms with Gasteiger partial charge in [-0.1, -0.05) is 12.2 Å². The molecule has 11 heavy (non-hydrogen) atoms. The predicted molar refractivity (Wildman–Crippen MR) is 43.2 cm³/mol. The van der Waals surface area contributed by atoms with Gasteiger partial charge in [-0.15, -0.1) is 0 Å². The summed E-state index contributed by atoms with van der Waals surface area (Å²) in [6.07, 6.45) is 5.24. The molecule has 1 rings (SSSR count). The second-order valence-electron chi connectivity index (χ2n) is 2.73. The first-order valence-electron chi connectivity index (χ1n) is 3.74. The van der Waals surface area contributed by atoms with Gasteiger partial charge in [0.15, 0.2) is 5.78 Å². The average molecular weight is 152 g/mol. The average Bonchev–Trinajstić information content (AvgIpc) is 2.05. The monoisotopic (exact) mass is 152 g/mol. The molecule has 0 aliphatic heterocycles. The van der Waals surface area contributed by atoms with Gasteiger partial charge < -0.3 is 5.11 Å². The summed E-state index contributed by atoms with van der Waals surface area (Å²) in [5.41, 5.74) is 1.87. The highest BCUT2D eigenvalue weighted by molar-refractivity contribution is 5.93. The van der Waals surface area contributed by atoms with E-state index in [9.17, 15) is 4.79 Å². The third kappa shape index (κ3) is 2.02. The van der Waals surface area contributed by atoms with E-state index in [1.54, 1.807) is 13.0 Å². The first-order valence-corrected chi connectivity index (χ1v) is 3.74. The van der Waals surface area contributed by atoms with Crippen LogP contribution in [0.5, 0.6) is 0 Å². The molecule has 0 unspecified atom stereocenters. The lowest BCUT2D eigenvalue weighted by atomic mass is 9.97. The molecule has 0 saturated heterocycles. The number of ketones is 1. The van der Waals surface area contributed by atoms with Crippen molar-refractivity contribution in [1.29, 1.82) is 0 Å². The fourth-order valence-corrected chi connectivity index (χ4v) is 1.11. The largest absolute Gasteiger partial charge is 0.392 e. The maximum atomic E-state index is 10.8. The fraction of sp³-hybridized carbons (Fsp3) is 0.444. The smallest absolute Gasteiger partial charge is 0.155 e. The van der Waals surface area contributed by atoms with Crippen LogP contribution in [-0.2, 0) is 4.79 Å². The molecule has 0 saturated carbocycles. The van der Waals surface area contributed by atoms with E-state index in [0.29, 0.717) is 0 Å². The second kappa shape index (κ2) is 3.49. The molecule has 1 aliphatic carbocycles. The van der Waals surface area contributed by atoms with E-state index in [-0.39, 0.29) is 12.4 Å². The van der Waals surface area contributed by atoms with E-state index in [2.05, 4.69) is 0 Å². The molecule has 2 heteroatoms. The molecule has 1 aliphatic rings. The number of hydrogen-bond acceptors (Lipinski definition) is 2. The molecule has 1 N–H and O–H groups in total. The number of aliphatic hydroxyl groups excluding tert-OH is 1. The van der Waals surface area contributed by atoms with Crippen molar-refractivity contribution >= 4 is 5.78 Å². The Bertz CT molecular complexity index is 224. The predicted octanol–water partition coefficient (Wildman–Crippen LogP) is 1.21. The van der Waals surface area contributed by atoms with Crippen LogP contribution in [0, 0.1) is 0 Å². The minimum atomic E-state index is 0.113. The summed E-state index contributed by atoms with van der Waals surface area (Å²) in [5.74, 6) is 0.137. The molecule has 0 fully saturated rings. The lowest BCUT2D eigenvalue weighted by molar-refractivity contribution is -0.113. The van der Waals surface area contributed by atoms with E-state index in [0.717, 1.165) is 24.0 Å². The zero-order chi connectivity index (χ0) is 8.27. The van der Waals surface area contributed by atoms with Crippen LogP contribution in [0.1, 0.15) is 19.8 Å². The molecule has 0 spiro atoms. The van der Waals surface area contributed by atoms with Crippen molar-refractivity contribution in [3.05, 3.63) is 23.3 Å². The Kier molecular flexibility index (Phi) is 2.60. The maximum absolute atomic E-state index is 10.8. The Morgan fingerprint density at radius 1 is 1.55 bits per heavy atom. The van der Waals surface area contributed by atoms with Crippen LogP contribution in [0.15, 0.2) is 23.3 Å². The number of hydrogen-bond donors (Lipinski definition) is 1. The second-order valence-corrected chi connectivity index (χ2v) is 2.73. The zero-order valence-electron chi connectivity index (χ0n) is 6.63. The van der Waals surface area contributed by atoms with Crippen molar-refractivity contribution < 1.29 is 9.90 Å². The van der Waals surface area contributed by atoms with Crippen molar-refractivity contribution in [2.24, 2.45) is 0 Å². The summed E-state index contributed by atoms with van der Waals surface area (Å²) >= 11 is 0. The van der Waals surface area contributed by atoms with Gasteiger partial charge in [0.2, 0.25) is 0 Å². The van der Waals surface area contributed by atoms with Crippen LogP contribution < -0.4 is 0 Å². The van der Waals surface area contributed by atoms with Crippen LogP contribution in [-0.4, -0.2) is 17.5 Å².